The third kappa shape index (κ3) is 6.66. The molecule has 0 radical (unpaired) electrons. The molecule has 1 heterocycles. The highest BCUT2D eigenvalue weighted by molar-refractivity contribution is 5.96. The highest BCUT2D eigenvalue weighted by atomic mass is 16.6. The normalized spacial score (nSPS) is 30.1. The number of hydrogen-bond acceptors (Lipinski definition) is 10. The Labute approximate surface area is 129 Å². The van der Waals surface area contributed by atoms with E-state index in [0.717, 1.165) is 12.2 Å². The van der Waals surface area contributed by atoms with E-state index in [1.54, 1.807) is 10.9 Å². The molecule has 13 nitrogen and oxygen atoms in total. The Hall–Kier alpha value is -2.13. The van der Waals surface area contributed by atoms with Crippen LogP contribution in [0.25, 0.3) is 0 Å². The molecule has 5 atom stereocenters. The monoisotopic (exact) mass is 338 g/mol. The number of nitrogens with one attached hydrogen (secondary N) is 2. The predicted molar refractivity (Wildman–Crippen MR) is 70.3 cm³/mol. The van der Waals surface area contributed by atoms with E-state index in [2.05, 4.69) is 16.4 Å². The van der Waals surface area contributed by atoms with E-state index in [0.29, 0.717) is 0 Å². The van der Waals surface area contributed by atoms with Gasteiger partial charge in [-0.3, -0.25) is 20.4 Å². The lowest BCUT2D eigenvalue weighted by Gasteiger charge is -2.36. The number of carbonyl (C=O) groups is 3. The zero-order chi connectivity index (χ0) is 18.2. The minimum Gasteiger partial charge on any atom is -0.479 e. The first kappa shape index (κ1) is 20.9. The van der Waals surface area contributed by atoms with Gasteiger partial charge in [0, 0.05) is 12.2 Å². The van der Waals surface area contributed by atoms with Crippen LogP contribution < -0.4 is 22.5 Å². The number of nitrogens with two attached hydrogens (primary N) is 2. The Morgan fingerprint density at radius 1 is 0.870 bits per heavy atom. The number of amides is 2. The summed E-state index contributed by atoms with van der Waals surface area (Å²) in [4.78, 5) is 31.0. The highest BCUT2D eigenvalue weighted by Gasteiger charge is 2.46. The summed E-state index contributed by atoms with van der Waals surface area (Å²) in [5, 5.41) is 44.4. The molecule has 0 bridgehead atoms. The first-order chi connectivity index (χ1) is 10.6. The molecule has 1 rings (SSSR count). The lowest BCUT2D eigenvalue weighted by molar-refractivity contribution is -0.279. The summed E-state index contributed by atoms with van der Waals surface area (Å²) < 4.78 is 4.34. The zero-order valence-electron chi connectivity index (χ0n) is 11.6. The number of carboxylic acids is 1. The van der Waals surface area contributed by atoms with E-state index < -0.39 is 48.5 Å². The Bertz CT molecular complexity index is 440. The Morgan fingerprint density at radius 2 is 1.30 bits per heavy atom. The first-order valence-electron chi connectivity index (χ1n) is 5.95. The SMILES string of the molecule is NNC(=O)/C=C\C(=O)NN.O=C(O)[C@H]1OC(O)[C@H](O)[C@@H](O)[C@@H]1O. The van der Waals surface area contributed by atoms with Crippen LogP contribution in [0.3, 0.4) is 0 Å². The van der Waals surface area contributed by atoms with Crippen molar-refractivity contribution in [1.29, 1.82) is 0 Å². The molecule has 132 valence electrons. The number of carbonyl (C=O) groups excluding carboxylic acids is 2. The standard InChI is InChI=1S/C6H10O7.C4H8N4O2/c7-1-2(8)4(5(10)11)13-6(12)3(1)9;5-7-3(9)1-2-4(10)8-6/h1-4,6-9,12H,(H,10,11);1-2H,5-6H2,(H,7,9)(H,8,10)/b;2-1-/t1-,2-,3+,4-,6?;/m0./s1. The third-order valence-electron chi connectivity index (χ3n) is 2.50. The van der Waals surface area contributed by atoms with Crippen LogP contribution in [0.4, 0.5) is 0 Å². The molecule has 11 N–H and O–H groups in total. The average Bonchev–Trinajstić information content (AvgIpc) is 2.53. The molecule has 0 aromatic heterocycles. The number of ether oxygens (including phenoxy) is 1. The summed E-state index contributed by atoms with van der Waals surface area (Å²) >= 11 is 0. The first-order valence-corrected chi connectivity index (χ1v) is 5.95. The summed E-state index contributed by atoms with van der Waals surface area (Å²) in [5.41, 5.74) is 3.60. The van der Waals surface area contributed by atoms with Crippen molar-refractivity contribution in [2.45, 2.75) is 30.7 Å². The predicted octanol–water partition coefficient (Wildman–Crippen LogP) is -5.61. The van der Waals surface area contributed by atoms with Crippen LogP contribution in [0.1, 0.15) is 0 Å². The van der Waals surface area contributed by atoms with Crippen LogP contribution in [0, 0.1) is 0 Å². The molecule has 1 fully saturated rings. The quantitative estimate of drug-likeness (QED) is 0.102. The summed E-state index contributed by atoms with van der Waals surface area (Å²) in [6, 6.07) is 0. The largest absolute Gasteiger partial charge is 0.479 e. The van der Waals surface area contributed by atoms with Gasteiger partial charge in [0.1, 0.15) is 18.3 Å². The fourth-order valence-corrected chi connectivity index (χ4v) is 1.31. The van der Waals surface area contributed by atoms with Crippen LogP contribution >= 0.6 is 0 Å². The van der Waals surface area contributed by atoms with Crippen LogP contribution in [-0.4, -0.2) is 74.0 Å². The molecule has 23 heavy (non-hydrogen) atoms. The molecule has 13 heteroatoms. The van der Waals surface area contributed by atoms with E-state index in [-0.39, 0.29) is 0 Å². The van der Waals surface area contributed by atoms with Crippen LogP contribution in [0.15, 0.2) is 12.2 Å². The van der Waals surface area contributed by atoms with E-state index >= 15 is 0 Å². The van der Waals surface area contributed by atoms with Crippen molar-refractivity contribution in [2.75, 3.05) is 0 Å². The van der Waals surface area contributed by atoms with E-state index in [9.17, 15) is 14.4 Å². The van der Waals surface area contributed by atoms with Gasteiger partial charge >= 0.3 is 5.97 Å². The van der Waals surface area contributed by atoms with Gasteiger partial charge in [0.25, 0.3) is 11.8 Å². The summed E-state index contributed by atoms with van der Waals surface area (Å²) in [5.74, 6) is 6.72. The lowest BCUT2D eigenvalue weighted by Crippen LogP contribution is -2.59. The van der Waals surface area contributed by atoms with Crippen molar-refractivity contribution in [1.82, 2.24) is 10.9 Å². The van der Waals surface area contributed by atoms with Crippen molar-refractivity contribution in [3.63, 3.8) is 0 Å². The van der Waals surface area contributed by atoms with Crippen molar-refractivity contribution in [3.05, 3.63) is 12.2 Å². The maximum atomic E-state index is 10.4. The van der Waals surface area contributed by atoms with Gasteiger partial charge in [-0.2, -0.15) is 0 Å². The van der Waals surface area contributed by atoms with Crippen LogP contribution in [-0.2, 0) is 19.1 Å². The average molecular weight is 338 g/mol. The van der Waals surface area contributed by atoms with Crippen LogP contribution in [0.5, 0.6) is 0 Å². The van der Waals surface area contributed by atoms with Gasteiger partial charge in [-0.1, -0.05) is 0 Å². The Balaban J connectivity index is 0.000000438. The van der Waals surface area contributed by atoms with Crippen molar-refractivity contribution >= 4 is 17.8 Å². The second-order valence-corrected chi connectivity index (χ2v) is 4.11. The molecular formula is C10H18N4O9. The second kappa shape index (κ2) is 9.80. The van der Waals surface area contributed by atoms with Gasteiger partial charge in [0.2, 0.25) is 0 Å². The Kier molecular flexibility index (Phi) is 8.89. The topological polar surface area (TPSA) is 238 Å². The molecule has 1 saturated heterocycles. The molecule has 0 aromatic carbocycles. The molecule has 2 amide bonds. The van der Waals surface area contributed by atoms with Crippen LogP contribution in [0.2, 0.25) is 0 Å². The number of rotatable bonds is 3. The van der Waals surface area contributed by atoms with Gasteiger partial charge in [-0.15, -0.1) is 0 Å². The fourth-order valence-electron chi connectivity index (χ4n) is 1.31. The maximum Gasteiger partial charge on any atom is 0.335 e. The summed E-state index contributed by atoms with van der Waals surface area (Å²) in [7, 11) is 0. The molecule has 1 unspecified atom stereocenters. The lowest BCUT2D eigenvalue weighted by atomic mass is 9.99. The highest BCUT2D eigenvalue weighted by Crippen LogP contribution is 2.19. The minimum absolute atomic E-state index is 0.566. The molecule has 0 saturated carbocycles. The van der Waals surface area contributed by atoms with Gasteiger partial charge in [-0.25, -0.2) is 16.5 Å². The number of hydrogen-bond donors (Lipinski definition) is 9. The maximum absolute atomic E-state index is 10.4. The number of aliphatic hydroxyl groups excluding tert-OH is 4. The van der Waals surface area contributed by atoms with Gasteiger partial charge < -0.3 is 30.3 Å². The van der Waals surface area contributed by atoms with Gasteiger partial charge in [0.05, 0.1) is 0 Å². The number of aliphatic hydroxyl groups is 4. The fraction of sp³-hybridized carbons (Fsp3) is 0.500. The van der Waals surface area contributed by atoms with Gasteiger partial charge in [0.15, 0.2) is 12.4 Å². The molecule has 0 aromatic rings. The molecular weight excluding hydrogens is 320 g/mol. The minimum atomic E-state index is -1.81. The second-order valence-electron chi connectivity index (χ2n) is 4.11. The van der Waals surface area contributed by atoms with E-state index in [4.69, 9.17) is 25.5 Å². The molecule has 1 aliphatic heterocycles. The third-order valence-corrected chi connectivity index (χ3v) is 2.50. The van der Waals surface area contributed by atoms with Crippen molar-refractivity contribution < 1.29 is 44.7 Å². The van der Waals surface area contributed by atoms with E-state index in [1.165, 1.54) is 0 Å². The number of aliphatic carboxylic acids is 1. The molecule has 0 spiro atoms. The zero-order valence-corrected chi connectivity index (χ0v) is 11.6. The molecule has 1 aliphatic rings. The summed E-state index contributed by atoms with van der Waals surface area (Å²) in [6.07, 6.45) is -6.80. The van der Waals surface area contributed by atoms with E-state index in [1.807, 2.05) is 0 Å². The van der Waals surface area contributed by atoms with Crippen molar-refractivity contribution in [3.8, 4) is 0 Å². The molecule has 0 aliphatic carbocycles. The van der Waals surface area contributed by atoms with Gasteiger partial charge in [-0.05, 0) is 0 Å². The number of carboxylic acid groups (broad SMARTS) is 1. The number of hydrazine groups is 2. The Morgan fingerprint density at radius 3 is 1.65 bits per heavy atom. The smallest absolute Gasteiger partial charge is 0.335 e. The summed E-state index contributed by atoms with van der Waals surface area (Å²) in [6.45, 7) is 0. The van der Waals surface area contributed by atoms with Crippen molar-refractivity contribution in [2.24, 2.45) is 11.7 Å².